The summed E-state index contributed by atoms with van der Waals surface area (Å²) in [6, 6.07) is 0. The van der Waals surface area contributed by atoms with Crippen molar-refractivity contribution in [3.63, 3.8) is 0 Å². The largest absolute Gasteiger partial charge is 0.394 e. The third kappa shape index (κ3) is 2.75. The SMILES string of the molecule is CC1(Nc2cnn(CCO)c(=O)c2Br)CCCC1. The second-order valence-electron chi connectivity index (χ2n) is 5.02. The van der Waals surface area contributed by atoms with Gasteiger partial charge in [0.1, 0.15) is 4.47 Å². The van der Waals surface area contributed by atoms with Crippen molar-refractivity contribution in [2.24, 2.45) is 0 Å². The first-order valence-electron chi connectivity index (χ1n) is 6.20. The van der Waals surface area contributed by atoms with E-state index in [2.05, 4.69) is 33.3 Å². The molecule has 0 unspecified atom stereocenters. The Bertz CT molecular complexity index is 481. The van der Waals surface area contributed by atoms with Crippen LogP contribution in [0.4, 0.5) is 5.69 Å². The molecule has 0 aliphatic heterocycles. The average Bonchev–Trinajstić information content (AvgIpc) is 2.76. The lowest BCUT2D eigenvalue weighted by atomic mass is 10.0. The van der Waals surface area contributed by atoms with Crippen LogP contribution in [0.1, 0.15) is 32.6 Å². The number of halogens is 1. The van der Waals surface area contributed by atoms with Crippen LogP contribution >= 0.6 is 15.9 Å². The van der Waals surface area contributed by atoms with Crippen molar-refractivity contribution < 1.29 is 5.11 Å². The lowest BCUT2D eigenvalue weighted by Gasteiger charge is -2.27. The zero-order chi connectivity index (χ0) is 13.2. The van der Waals surface area contributed by atoms with Crippen LogP contribution in [-0.4, -0.2) is 27.0 Å². The number of aliphatic hydroxyl groups excluding tert-OH is 1. The molecular formula is C12H18BrN3O2. The zero-order valence-corrected chi connectivity index (χ0v) is 12.0. The minimum absolute atomic E-state index is 0.0554. The van der Waals surface area contributed by atoms with E-state index in [1.54, 1.807) is 6.20 Å². The van der Waals surface area contributed by atoms with E-state index < -0.39 is 0 Å². The Morgan fingerprint density at radius 1 is 1.56 bits per heavy atom. The summed E-state index contributed by atoms with van der Waals surface area (Å²) in [4.78, 5) is 12.0. The molecule has 0 amide bonds. The van der Waals surface area contributed by atoms with E-state index in [0.717, 1.165) is 18.5 Å². The van der Waals surface area contributed by atoms with Crippen molar-refractivity contribution in [2.45, 2.75) is 44.7 Å². The summed E-state index contributed by atoms with van der Waals surface area (Å²) in [5, 5.41) is 16.3. The van der Waals surface area contributed by atoms with Crippen LogP contribution in [-0.2, 0) is 6.54 Å². The predicted molar refractivity (Wildman–Crippen MR) is 73.8 cm³/mol. The van der Waals surface area contributed by atoms with Gasteiger partial charge in [-0.05, 0) is 35.7 Å². The van der Waals surface area contributed by atoms with Gasteiger partial charge in [0.2, 0.25) is 0 Å². The van der Waals surface area contributed by atoms with Crippen LogP contribution in [0.5, 0.6) is 0 Å². The number of hydrogen-bond acceptors (Lipinski definition) is 4. The van der Waals surface area contributed by atoms with E-state index in [1.165, 1.54) is 17.5 Å². The maximum atomic E-state index is 12.0. The first-order chi connectivity index (χ1) is 8.56. The molecule has 1 aliphatic rings. The monoisotopic (exact) mass is 315 g/mol. The minimum Gasteiger partial charge on any atom is -0.394 e. The molecular weight excluding hydrogens is 298 g/mol. The fraction of sp³-hybridized carbons (Fsp3) is 0.667. The van der Waals surface area contributed by atoms with Gasteiger partial charge in [0, 0.05) is 5.54 Å². The van der Waals surface area contributed by atoms with Crippen molar-refractivity contribution in [1.82, 2.24) is 9.78 Å². The van der Waals surface area contributed by atoms with Crippen molar-refractivity contribution in [2.75, 3.05) is 11.9 Å². The first-order valence-corrected chi connectivity index (χ1v) is 7.00. The van der Waals surface area contributed by atoms with Crippen LogP contribution in [0, 0.1) is 0 Å². The number of aliphatic hydroxyl groups is 1. The number of rotatable bonds is 4. The number of anilines is 1. The third-order valence-electron chi connectivity index (χ3n) is 3.44. The maximum absolute atomic E-state index is 12.0. The second kappa shape index (κ2) is 5.40. The molecule has 18 heavy (non-hydrogen) atoms. The quantitative estimate of drug-likeness (QED) is 0.888. The van der Waals surface area contributed by atoms with Gasteiger partial charge in [-0.1, -0.05) is 12.8 Å². The standard InChI is InChI=1S/C12H18BrN3O2/c1-12(4-2-3-5-12)15-9-8-14-16(6-7-17)11(18)10(9)13/h8,15,17H,2-7H2,1H3. The van der Waals surface area contributed by atoms with Crippen LogP contribution in [0.3, 0.4) is 0 Å². The highest BCUT2D eigenvalue weighted by molar-refractivity contribution is 9.10. The highest BCUT2D eigenvalue weighted by atomic mass is 79.9. The zero-order valence-electron chi connectivity index (χ0n) is 10.4. The molecule has 0 bridgehead atoms. The van der Waals surface area contributed by atoms with E-state index in [1.807, 2.05) is 0 Å². The molecule has 2 rings (SSSR count). The van der Waals surface area contributed by atoms with E-state index in [-0.39, 0.29) is 24.2 Å². The molecule has 2 N–H and O–H groups in total. The van der Waals surface area contributed by atoms with Crippen molar-refractivity contribution in [3.05, 3.63) is 21.0 Å². The molecule has 0 atom stereocenters. The fourth-order valence-electron chi connectivity index (χ4n) is 2.41. The number of aromatic nitrogens is 2. The minimum atomic E-state index is -0.212. The third-order valence-corrected chi connectivity index (χ3v) is 4.21. The van der Waals surface area contributed by atoms with Gasteiger partial charge in [0.15, 0.2) is 0 Å². The summed E-state index contributed by atoms with van der Waals surface area (Å²) in [6.07, 6.45) is 6.30. The van der Waals surface area contributed by atoms with Crippen LogP contribution in [0.25, 0.3) is 0 Å². The van der Waals surface area contributed by atoms with Gasteiger partial charge in [0.25, 0.3) is 5.56 Å². The summed E-state index contributed by atoms with van der Waals surface area (Å²) in [5.41, 5.74) is 0.578. The van der Waals surface area contributed by atoms with Crippen LogP contribution in [0.2, 0.25) is 0 Å². The number of nitrogens with zero attached hydrogens (tertiary/aromatic N) is 2. The summed E-state index contributed by atoms with van der Waals surface area (Å²) in [6.45, 7) is 2.30. The Morgan fingerprint density at radius 3 is 2.83 bits per heavy atom. The smallest absolute Gasteiger partial charge is 0.283 e. The Morgan fingerprint density at radius 2 is 2.22 bits per heavy atom. The van der Waals surface area contributed by atoms with Crippen molar-refractivity contribution in [3.8, 4) is 0 Å². The molecule has 1 heterocycles. The fourth-order valence-corrected chi connectivity index (χ4v) is 2.82. The van der Waals surface area contributed by atoms with Gasteiger partial charge in [-0.25, -0.2) is 4.68 Å². The summed E-state index contributed by atoms with van der Waals surface area (Å²) in [7, 11) is 0. The van der Waals surface area contributed by atoms with Crippen LogP contribution < -0.4 is 10.9 Å². The van der Waals surface area contributed by atoms with Gasteiger partial charge in [-0.2, -0.15) is 5.10 Å². The Labute approximate surface area is 114 Å². The van der Waals surface area contributed by atoms with E-state index in [0.29, 0.717) is 4.47 Å². The van der Waals surface area contributed by atoms with E-state index in [9.17, 15) is 4.79 Å². The maximum Gasteiger partial charge on any atom is 0.283 e. The van der Waals surface area contributed by atoms with Gasteiger partial charge in [-0.15, -0.1) is 0 Å². The molecule has 1 saturated carbocycles. The Hall–Kier alpha value is -0.880. The van der Waals surface area contributed by atoms with E-state index in [4.69, 9.17) is 5.11 Å². The molecule has 6 heteroatoms. The molecule has 1 fully saturated rings. The molecule has 100 valence electrons. The highest BCUT2D eigenvalue weighted by Gasteiger charge is 2.29. The topological polar surface area (TPSA) is 67.2 Å². The summed E-state index contributed by atoms with van der Waals surface area (Å²) < 4.78 is 1.74. The second-order valence-corrected chi connectivity index (χ2v) is 5.81. The number of hydrogen-bond donors (Lipinski definition) is 2. The highest BCUT2D eigenvalue weighted by Crippen LogP contribution is 2.33. The van der Waals surface area contributed by atoms with Gasteiger partial charge < -0.3 is 10.4 Å². The van der Waals surface area contributed by atoms with Crippen molar-refractivity contribution in [1.29, 1.82) is 0 Å². The molecule has 0 saturated heterocycles. The van der Waals surface area contributed by atoms with Crippen molar-refractivity contribution >= 4 is 21.6 Å². The van der Waals surface area contributed by atoms with Gasteiger partial charge in [-0.3, -0.25) is 4.79 Å². The van der Waals surface area contributed by atoms with Gasteiger partial charge >= 0.3 is 0 Å². The predicted octanol–water partition coefficient (Wildman–Crippen LogP) is 1.74. The van der Waals surface area contributed by atoms with E-state index >= 15 is 0 Å². The molecule has 0 spiro atoms. The molecule has 1 aromatic rings. The average molecular weight is 316 g/mol. The summed E-state index contributed by atoms with van der Waals surface area (Å²) in [5.74, 6) is 0. The molecule has 0 radical (unpaired) electrons. The molecule has 5 nitrogen and oxygen atoms in total. The Kier molecular flexibility index (Phi) is 4.07. The number of nitrogens with one attached hydrogen (secondary N) is 1. The normalized spacial score (nSPS) is 17.9. The van der Waals surface area contributed by atoms with Crippen LogP contribution in [0.15, 0.2) is 15.5 Å². The summed E-state index contributed by atoms with van der Waals surface area (Å²) >= 11 is 3.32. The van der Waals surface area contributed by atoms with Gasteiger partial charge in [0.05, 0.1) is 25.0 Å². The first kappa shape index (κ1) is 13.5. The lowest BCUT2D eigenvalue weighted by Crippen LogP contribution is -2.33. The molecule has 0 aromatic carbocycles. The molecule has 1 aliphatic carbocycles. The lowest BCUT2D eigenvalue weighted by molar-refractivity contribution is 0.266. The molecule has 1 aromatic heterocycles. The Balaban J connectivity index is 2.24.